The van der Waals surface area contributed by atoms with Crippen LogP contribution in [0.3, 0.4) is 0 Å². The molecule has 0 N–H and O–H groups in total. The Morgan fingerprint density at radius 2 is 1.45 bits per heavy atom. The summed E-state index contributed by atoms with van der Waals surface area (Å²) in [5.41, 5.74) is 5.53. The SMILES string of the molecule is COc1ccc(CCSc2nc(-c3ccccc3)cc(-c3ccc(OC)cc3)c2C#N)cc1. The fraction of sp³-hybridized carbons (Fsp3) is 0.143. The third-order valence-electron chi connectivity index (χ3n) is 5.36. The van der Waals surface area contributed by atoms with Crippen molar-refractivity contribution in [2.45, 2.75) is 11.4 Å². The predicted molar refractivity (Wildman–Crippen MR) is 134 cm³/mol. The van der Waals surface area contributed by atoms with Crippen molar-refractivity contribution in [2.24, 2.45) is 0 Å². The quantitative estimate of drug-likeness (QED) is 0.281. The number of pyridine rings is 1. The molecule has 164 valence electrons. The maximum absolute atomic E-state index is 10.1. The van der Waals surface area contributed by atoms with Gasteiger partial charge in [-0.15, -0.1) is 11.8 Å². The molecule has 0 saturated carbocycles. The molecule has 3 aromatic carbocycles. The average Bonchev–Trinajstić information content (AvgIpc) is 2.89. The summed E-state index contributed by atoms with van der Waals surface area (Å²) in [4.78, 5) is 4.89. The van der Waals surface area contributed by atoms with Gasteiger partial charge in [-0.2, -0.15) is 5.26 Å². The number of aryl methyl sites for hydroxylation is 1. The fourth-order valence-corrected chi connectivity index (χ4v) is 4.54. The van der Waals surface area contributed by atoms with Gasteiger partial charge in [-0.25, -0.2) is 4.98 Å². The number of thioether (sulfide) groups is 1. The molecule has 4 aromatic rings. The second-order valence-electron chi connectivity index (χ2n) is 7.39. The molecule has 0 bridgehead atoms. The minimum Gasteiger partial charge on any atom is -0.497 e. The van der Waals surface area contributed by atoms with Gasteiger partial charge in [0.05, 0.1) is 25.5 Å². The fourth-order valence-electron chi connectivity index (χ4n) is 3.55. The second kappa shape index (κ2) is 10.7. The maximum Gasteiger partial charge on any atom is 0.118 e. The molecule has 0 radical (unpaired) electrons. The molecule has 4 nitrogen and oxygen atoms in total. The van der Waals surface area contributed by atoms with Crippen LogP contribution in [-0.4, -0.2) is 25.0 Å². The molecular weight excluding hydrogens is 428 g/mol. The molecule has 0 aliphatic rings. The van der Waals surface area contributed by atoms with E-state index in [4.69, 9.17) is 14.5 Å². The lowest BCUT2D eigenvalue weighted by Gasteiger charge is -2.13. The van der Waals surface area contributed by atoms with Crippen LogP contribution in [0.5, 0.6) is 11.5 Å². The lowest BCUT2D eigenvalue weighted by atomic mass is 9.99. The van der Waals surface area contributed by atoms with Crippen molar-refractivity contribution in [3.05, 3.63) is 96.1 Å². The number of rotatable bonds is 8. The van der Waals surface area contributed by atoms with Crippen LogP contribution in [0.4, 0.5) is 0 Å². The Balaban J connectivity index is 1.68. The summed E-state index contributed by atoms with van der Waals surface area (Å²) < 4.78 is 10.5. The van der Waals surface area contributed by atoms with E-state index in [1.165, 1.54) is 5.56 Å². The highest BCUT2D eigenvalue weighted by atomic mass is 32.2. The van der Waals surface area contributed by atoms with E-state index in [0.717, 1.165) is 51.1 Å². The van der Waals surface area contributed by atoms with Gasteiger partial charge in [-0.1, -0.05) is 54.6 Å². The molecule has 1 aromatic heterocycles. The molecule has 1 heterocycles. The molecule has 0 fully saturated rings. The zero-order valence-corrected chi connectivity index (χ0v) is 19.4. The van der Waals surface area contributed by atoms with E-state index in [0.29, 0.717) is 5.56 Å². The van der Waals surface area contributed by atoms with Crippen LogP contribution >= 0.6 is 11.8 Å². The lowest BCUT2D eigenvalue weighted by molar-refractivity contribution is 0.414. The molecule has 0 spiro atoms. The van der Waals surface area contributed by atoms with Gasteiger partial charge in [0.15, 0.2) is 0 Å². The first-order valence-electron chi connectivity index (χ1n) is 10.6. The highest BCUT2D eigenvalue weighted by Crippen LogP contribution is 2.35. The summed E-state index contributed by atoms with van der Waals surface area (Å²) in [5.74, 6) is 2.44. The van der Waals surface area contributed by atoms with E-state index in [-0.39, 0.29) is 0 Å². The number of methoxy groups -OCH3 is 2. The van der Waals surface area contributed by atoms with Crippen LogP contribution in [0.1, 0.15) is 11.1 Å². The van der Waals surface area contributed by atoms with E-state index in [9.17, 15) is 5.26 Å². The van der Waals surface area contributed by atoms with Crippen molar-refractivity contribution in [1.29, 1.82) is 5.26 Å². The van der Waals surface area contributed by atoms with Crippen LogP contribution in [0.2, 0.25) is 0 Å². The minimum absolute atomic E-state index is 0.597. The van der Waals surface area contributed by atoms with E-state index in [2.05, 4.69) is 18.2 Å². The van der Waals surface area contributed by atoms with Crippen molar-refractivity contribution in [2.75, 3.05) is 20.0 Å². The van der Waals surface area contributed by atoms with Crippen molar-refractivity contribution in [3.63, 3.8) is 0 Å². The van der Waals surface area contributed by atoms with Crippen molar-refractivity contribution in [1.82, 2.24) is 4.98 Å². The number of nitrogens with zero attached hydrogens (tertiary/aromatic N) is 2. The van der Waals surface area contributed by atoms with Gasteiger partial charge in [0.2, 0.25) is 0 Å². The third kappa shape index (κ3) is 5.36. The van der Waals surface area contributed by atoms with Crippen LogP contribution < -0.4 is 9.47 Å². The van der Waals surface area contributed by atoms with Gasteiger partial charge in [0.25, 0.3) is 0 Å². The van der Waals surface area contributed by atoms with Crippen LogP contribution in [0.25, 0.3) is 22.4 Å². The monoisotopic (exact) mass is 452 g/mol. The largest absolute Gasteiger partial charge is 0.497 e. The van der Waals surface area contributed by atoms with E-state index < -0.39 is 0 Å². The Hall–Kier alpha value is -3.75. The first-order valence-corrected chi connectivity index (χ1v) is 11.6. The summed E-state index contributed by atoms with van der Waals surface area (Å²) in [5, 5.41) is 10.8. The highest BCUT2D eigenvalue weighted by Gasteiger charge is 2.16. The summed E-state index contributed by atoms with van der Waals surface area (Å²) in [6.07, 6.45) is 0.870. The van der Waals surface area contributed by atoms with E-state index >= 15 is 0 Å². The van der Waals surface area contributed by atoms with Crippen molar-refractivity contribution < 1.29 is 9.47 Å². The van der Waals surface area contributed by atoms with Crippen LogP contribution in [0, 0.1) is 11.3 Å². The molecule has 5 heteroatoms. The Morgan fingerprint density at radius 3 is 2.06 bits per heavy atom. The van der Waals surface area contributed by atoms with Crippen molar-refractivity contribution in [3.8, 4) is 40.0 Å². The minimum atomic E-state index is 0.597. The molecule has 33 heavy (non-hydrogen) atoms. The lowest BCUT2D eigenvalue weighted by Crippen LogP contribution is -1.98. The highest BCUT2D eigenvalue weighted by molar-refractivity contribution is 7.99. The van der Waals surface area contributed by atoms with Gasteiger partial charge in [0, 0.05) is 16.9 Å². The van der Waals surface area contributed by atoms with Crippen molar-refractivity contribution >= 4 is 11.8 Å². The van der Waals surface area contributed by atoms with Gasteiger partial charge in [0.1, 0.15) is 22.6 Å². The number of ether oxygens (including phenoxy) is 2. The van der Waals surface area contributed by atoms with E-state index in [1.54, 1.807) is 26.0 Å². The molecule has 0 aliphatic carbocycles. The Morgan fingerprint density at radius 1 is 0.818 bits per heavy atom. The number of aromatic nitrogens is 1. The molecular formula is C28H24N2O2S. The average molecular weight is 453 g/mol. The van der Waals surface area contributed by atoms with Crippen LogP contribution in [0.15, 0.2) is 90.0 Å². The van der Waals surface area contributed by atoms with E-state index in [1.807, 2.05) is 72.8 Å². The van der Waals surface area contributed by atoms with Gasteiger partial charge in [-0.05, 0) is 47.9 Å². The molecule has 0 amide bonds. The number of hydrogen-bond donors (Lipinski definition) is 0. The first-order chi connectivity index (χ1) is 16.2. The maximum atomic E-state index is 10.1. The molecule has 0 unspecified atom stereocenters. The second-order valence-corrected chi connectivity index (χ2v) is 8.47. The standard InChI is InChI=1S/C28H24N2O2S/c1-31-23-12-8-20(9-13-23)16-17-33-28-26(19-29)25(21-10-14-24(32-2)15-11-21)18-27(30-28)22-6-4-3-5-7-22/h3-15,18H,16-17H2,1-2H3. The number of nitriles is 1. The zero-order valence-electron chi connectivity index (χ0n) is 18.6. The summed E-state index contributed by atoms with van der Waals surface area (Å²) in [7, 11) is 3.31. The normalized spacial score (nSPS) is 10.5. The Bertz CT molecular complexity index is 1250. The molecule has 4 rings (SSSR count). The summed E-state index contributed by atoms with van der Waals surface area (Å²) >= 11 is 1.61. The van der Waals surface area contributed by atoms with Gasteiger partial charge < -0.3 is 9.47 Å². The molecule has 0 aliphatic heterocycles. The topological polar surface area (TPSA) is 55.1 Å². The Kier molecular flexibility index (Phi) is 7.29. The third-order valence-corrected chi connectivity index (χ3v) is 6.33. The number of benzene rings is 3. The predicted octanol–water partition coefficient (Wildman–Crippen LogP) is 6.64. The Labute approximate surface area is 198 Å². The molecule has 0 saturated heterocycles. The molecule has 0 atom stereocenters. The summed E-state index contributed by atoms with van der Waals surface area (Å²) in [6.45, 7) is 0. The summed E-state index contributed by atoms with van der Waals surface area (Å²) in [6, 6.07) is 30.3. The number of hydrogen-bond acceptors (Lipinski definition) is 5. The first kappa shape index (κ1) is 22.4. The smallest absolute Gasteiger partial charge is 0.118 e. The van der Waals surface area contributed by atoms with Crippen LogP contribution in [-0.2, 0) is 6.42 Å². The van der Waals surface area contributed by atoms with Gasteiger partial charge in [-0.3, -0.25) is 0 Å². The van der Waals surface area contributed by atoms with Gasteiger partial charge >= 0.3 is 0 Å². The zero-order chi connectivity index (χ0) is 23.0.